The summed E-state index contributed by atoms with van der Waals surface area (Å²) in [4.78, 5) is 0. The van der Waals surface area contributed by atoms with Crippen molar-refractivity contribution in [3.8, 4) is 55.9 Å². The Hall–Kier alpha value is -8.20. The largest absolute Gasteiger partial charge is 0.309 e. The summed E-state index contributed by atoms with van der Waals surface area (Å²) in [6, 6.07) is 82.1. The van der Waals surface area contributed by atoms with Crippen molar-refractivity contribution in [3.63, 3.8) is 0 Å². The molecular formula is C65H46N2. The van der Waals surface area contributed by atoms with Crippen LogP contribution in [0.25, 0.3) is 99.5 Å². The van der Waals surface area contributed by atoms with Gasteiger partial charge in [0.15, 0.2) is 0 Å². The van der Waals surface area contributed by atoms with Crippen molar-refractivity contribution in [3.05, 3.63) is 252 Å². The third-order valence-electron chi connectivity index (χ3n) is 15.2. The van der Waals surface area contributed by atoms with Crippen LogP contribution in [-0.2, 0) is 18.3 Å². The maximum atomic E-state index is 2.53. The van der Waals surface area contributed by atoms with Gasteiger partial charge in [-0.25, -0.2) is 0 Å². The van der Waals surface area contributed by atoms with E-state index in [4.69, 9.17) is 0 Å². The minimum Gasteiger partial charge on any atom is -0.309 e. The molecule has 2 aromatic heterocycles. The van der Waals surface area contributed by atoms with Crippen molar-refractivity contribution in [1.29, 1.82) is 0 Å². The number of hydrogen-bond acceptors (Lipinski definition) is 0. The van der Waals surface area contributed by atoms with Gasteiger partial charge in [0, 0.05) is 43.9 Å². The van der Waals surface area contributed by atoms with Gasteiger partial charge in [-0.3, -0.25) is 0 Å². The van der Waals surface area contributed by atoms with Crippen LogP contribution in [0.2, 0.25) is 0 Å². The highest BCUT2D eigenvalue weighted by atomic mass is 15.0. The Labute approximate surface area is 390 Å². The SMILES string of the molecule is CC1(C)c2ccccc2-c2cc3c4cc(-c5ccc6c(c5)c5ccc7c(c5n6-c5ccccc5)-c5ccccc5Cc5ccccc5-c5ccccc5C7)ccc4n(-c4ccccc4)c3cc21. The Morgan fingerprint density at radius 3 is 1.48 bits per heavy atom. The minimum atomic E-state index is -0.0916. The van der Waals surface area contributed by atoms with Gasteiger partial charge < -0.3 is 9.13 Å². The molecule has 0 saturated heterocycles. The molecule has 2 aliphatic carbocycles. The van der Waals surface area contributed by atoms with E-state index in [9.17, 15) is 0 Å². The number of fused-ring (bicyclic) bond motifs is 16. The first-order valence-electron chi connectivity index (χ1n) is 23.7. The minimum absolute atomic E-state index is 0.0916. The molecule has 0 unspecified atom stereocenters. The fourth-order valence-corrected chi connectivity index (χ4v) is 12.1. The molecule has 0 bridgehead atoms. The summed E-state index contributed by atoms with van der Waals surface area (Å²) in [6.07, 6.45) is 1.68. The van der Waals surface area contributed by atoms with E-state index in [2.05, 4.69) is 241 Å². The first-order chi connectivity index (χ1) is 33.0. The van der Waals surface area contributed by atoms with E-state index >= 15 is 0 Å². The fraction of sp³-hybridized carbons (Fsp3) is 0.0769. The normalized spacial score (nSPS) is 13.5. The Morgan fingerprint density at radius 2 is 0.821 bits per heavy atom. The Morgan fingerprint density at radius 1 is 0.328 bits per heavy atom. The van der Waals surface area contributed by atoms with Gasteiger partial charge in [0.25, 0.3) is 0 Å². The van der Waals surface area contributed by atoms with E-state index in [0.29, 0.717) is 0 Å². The standard InChI is InChI=1S/C65H46N2/c1-65(2)58-28-16-15-27-52(58)54-39-57-56-38-42(30-33-60(56)66(62(57)40-59(54)65)47-20-5-3-6-21-47)41-31-34-61-55(37-41)53-32-29-46-36-44-18-10-13-25-50(44)49-24-12-9-17-43(49)35-45-19-11-14-26-51(45)63(46)64(53)67(61)48-22-7-4-8-23-48/h3-34,37-40H,35-36H2,1-2H3. The van der Waals surface area contributed by atoms with E-state index in [-0.39, 0.29) is 5.41 Å². The van der Waals surface area contributed by atoms with Gasteiger partial charge in [0.05, 0.1) is 22.1 Å². The molecule has 10 aromatic carbocycles. The highest BCUT2D eigenvalue weighted by Crippen LogP contribution is 2.52. The monoisotopic (exact) mass is 854 g/mol. The predicted molar refractivity (Wildman–Crippen MR) is 281 cm³/mol. The van der Waals surface area contributed by atoms with Crippen LogP contribution in [0.1, 0.15) is 47.2 Å². The molecule has 0 spiro atoms. The first kappa shape index (κ1) is 38.1. The third kappa shape index (κ3) is 5.63. The average molecular weight is 855 g/mol. The molecule has 67 heavy (non-hydrogen) atoms. The van der Waals surface area contributed by atoms with Crippen molar-refractivity contribution in [2.24, 2.45) is 0 Å². The fourth-order valence-electron chi connectivity index (χ4n) is 12.1. The van der Waals surface area contributed by atoms with E-state index in [1.54, 1.807) is 0 Å². The summed E-state index contributed by atoms with van der Waals surface area (Å²) >= 11 is 0. The zero-order valence-electron chi connectivity index (χ0n) is 37.6. The van der Waals surface area contributed by atoms with Crippen molar-refractivity contribution < 1.29 is 0 Å². The molecule has 2 nitrogen and oxygen atoms in total. The topological polar surface area (TPSA) is 9.86 Å². The molecule has 0 atom stereocenters. The van der Waals surface area contributed by atoms with Crippen LogP contribution in [0.15, 0.2) is 218 Å². The van der Waals surface area contributed by atoms with Crippen LogP contribution in [0.4, 0.5) is 0 Å². The van der Waals surface area contributed by atoms with E-state index < -0.39 is 0 Å². The Kier molecular flexibility index (Phi) is 8.19. The lowest BCUT2D eigenvalue weighted by atomic mass is 9.82. The summed E-state index contributed by atoms with van der Waals surface area (Å²) in [7, 11) is 0. The second-order valence-corrected chi connectivity index (χ2v) is 19.2. The molecule has 0 radical (unpaired) electrons. The van der Waals surface area contributed by atoms with Crippen LogP contribution in [0.3, 0.4) is 0 Å². The number of hydrogen-bond donors (Lipinski definition) is 0. The number of benzene rings is 10. The highest BCUT2D eigenvalue weighted by molar-refractivity contribution is 6.16. The molecule has 14 rings (SSSR count). The zero-order chi connectivity index (χ0) is 44.4. The van der Waals surface area contributed by atoms with Crippen molar-refractivity contribution in [2.45, 2.75) is 32.1 Å². The average Bonchev–Trinajstić information content (AvgIpc) is 3.96. The lowest BCUT2D eigenvalue weighted by Gasteiger charge is -2.22. The van der Waals surface area contributed by atoms with Gasteiger partial charge in [0.1, 0.15) is 0 Å². The van der Waals surface area contributed by atoms with E-state index in [1.165, 1.54) is 127 Å². The molecule has 0 saturated carbocycles. The molecule has 0 aliphatic heterocycles. The number of rotatable bonds is 3. The second-order valence-electron chi connectivity index (χ2n) is 19.2. The van der Waals surface area contributed by atoms with Gasteiger partial charge in [0.2, 0.25) is 0 Å². The van der Waals surface area contributed by atoms with Gasteiger partial charge in [-0.1, -0.05) is 172 Å². The Balaban J connectivity index is 1.02. The predicted octanol–water partition coefficient (Wildman–Crippen LogP) is 16.7. The lowest BCUT2D eigenvalue weighted by Crippen LogP contribution is -2.14. The maximum Gasteiger partial charge on any atom is 0.0622 e. The highest BCUT2D eigenvalue weighted by Gasteiger charge is 2.36. The molecule has 12 aromatic rings. The first-order valence-corrected chi connectivity index (χ1v) is 23.7. The molecule has 2 aliphatic rings. The van der Waals surface area contributed by atoms with Crippen LogP contribution in [0.5, 0.6) is 0 Å². The molecule has 0 N–H and O–H groups in total. The molecule has 2 heteroatoms. The van der Waals surface area contributed by atoms with Crippen LogP contribution >= 0.6 is 0 Å². The van der Waals surface area contributed by atoms with Gasteiger partial charge >= 0.3 is 0 Å². The summed E-state index contributed by atoms with van der Waals surface area (Å²) in [5, 5.41) is 5.06. The number of aromatic nitrogens is 2. The summed E-state index contributed by atoms with van der Waals surface area (Å²) < 4.78 is 5.00. The van der Waals surface area contributed by atoms with Crippen LogP contribution in [0, 0.1) is 0 Å². The van der Waals surface area contributed by atoms with Crippen molar-refractivity contribution in [1.82, 2.24) is 9.13 Å². The van der Waals surface area contributed by atoms with Crippen molar-refractivity contribution >= 4 is 43.6 Å². The van der Waals surface area contributed by atoms with Gasteiger partial charge in [-0.05, 0) is 146 Å². The third-order valence-corrected chi connectivity index (χ3v) is 15.2. The summed E-state index contributed by atoms with van der Waals surface area (Å²) in [5.74, 6) is 0. The molecular weight excluding hydrogens is 809 g/mol. The molecule has 0 amide bonds. The smallest absolute Gasteiger partial charge is 0.0622 e. The van der Waals surface area contributed by atoms with Gasteiger partial charge in [-0.2, -0.15) is 0 Å². The van der Waals surface area contributed by atoms with Crippen molar-refractivity contribution in [2.75, 3.05) is 0 Å². The van der Waals surface area contributed by atoms with E-state index in [0.717, 1.165) is 18.5 Å². The molecule has 2 heterocycles. The molecule has 316 valence electrons. The zero-order valence-corrected chi connectivity index (χ0v) is 37.6. The second kappa shape index (κ2) is 14.4. The quantitative estimate of drug-likeness (QED) is 0.168. The van der Waals surface area contributed by atoms with Gasteiger partial charge in [-0.15, -0.1) is 0 Å². The molecule has 0 fully saturated rings. The summed E-state index contributed by atoms with van der Waals surface area (Å²) in [5.41, 5.74) is 25.7. The van der Waals surface area contributed by atoms with E-state index in [1.807, 2.05) is 0 Å². The Bertz CT molecular complexity index is 3990. The van der Waals surface area contributed by atoms with Crippen LogP contribution < -0.4 is 0 Å². The van der Waals surface area contributed by atoms with Crippen LogP contribution in [-0.4, -0.2) is 9.13 Å². The lowest BCUT2D eigenvalue weighted by molar-refractivity contribution is 0.661. The number of nitrogens with zero attached hydrogens (tertiary/aromatic N) is 2. The number of para-hydroxylation sites is 2. The summed E-state index contributed by atoms with van der Waals surface area (Å²) in [6.45, 7) is 4.75. The maximum absolute atomic E-state index is 2.53.